The molecule has 1 aliphatic heterocycles. The topological polar surface area (TPSA) is 149 Å². The van der Waals surface area contributed by atoms with E-state index < -0.39 is 9.84 Å². The zero-order valence-corrected chi connectivity index (χ0v) is 23.5. The Labute approximate surface area is 232 Å². The first-order valence-electron chi connectivity index (χ1n) is 13.4. The summed E-state index contributed by atoms with van der Waals surface area (Å²) in [4.78, 5) is 28.0. The summed E-state index contributed by atoms with van der Waals surface area (Å²) in [7, 11) is -3.10. The lowest BCUT2D eigenvalue weighted by atomic mass is 9.92. The second-order valence-electron chi connectivity index (χ2n) is 11.1. The van der Waals surface area contributed by atoms with E-state index in [1.54, 1.807) is 24.7 Å². The van der Waals surface area contributed by atoms with Crippen molar-refractivity contribution >= 4 is 43.8 Å². The molecule has 4 heterocycles. The number of anilines is 3. The normalized spacial score (nSPS) is 19.2. The molecule has 12 heteroatoms. The number of hydrogen-bond donors (Lipinski definition) is 2. The first-order valence-corrected chi connectivity index (χ1v) is 15.5. The number of pyridine rings is 1. The molecule has 40 heavy (non-hydrogen) atoms. The van der Waals surface area contributed by atoms with E-state index in [0.29, 0.717) is 29.6 Å². The van der Waals surface area contributed by atoms with Crippen LogP contribution in [0.3, 0.4) is 0 Å². The molecule has 0 unspecified atom stereocenters. The maximum Gasteiger partial charge on any atom is 0.249 e. The molecule has 3 N–H and O–H groups in total. The van der Waals surface area contributed by atoms with Crippen LogP contribution in [-0.2, 0) is 9.84 Å². The molecule has 11 nitrogen and oxygen atoms in total. The van der Waals surface area contributed by atoms with Gasteiger partial charge in [-0.25, -0.2) is 28.1 Å². The third-order valence-corrected chi connectivity index (χ3v) is 8.57. The molecule has 6 rings (SSSR count). The molecule has 1 saturated heterocycles. The summed E-state index contributed by atoms with van der Waals surface area (Å²) in [6.07, 6.45) is 9.46. The van der Waals surface area contributed by atoms with Crippen LogP contribution in [0.5, 0.6) is 0 Å². The van der Waals surface area contributed by atoms with Gasteiger partial charge in [0.05, 0.1) is 23.7 Å². The Morgan fingerprint density at radius 1 is 1.12 bits per heavy atom. The highest BCUT2D eigenvalue weighted by atomic mass is 32.2. The molecule has 1 saturated carbocycles. The van der Waals surface area contributed by atoms with Gasteiger partial charge in [-0.1, -0.05) is 19.9 Å². The van der Waals surface area contributed by atoms with Crippen molar-refractivity contribution in [2.24, 2.45) is 17.6 Å². The Kier molecular flexibility index (Phi) is 6.54. The van der Waals surface area contributed by atoms with E-state index in [1.165, 1.54) is 16.5 Å². The standard InChI is InChI=1S/C28H32N8O3S/c1-16(2)20-6-7-23(35-13-19(26(35)29)15-40(3,38)39)22-12-31-25(10-21(20)22)33-24-8-9-30-27(34-24)18-11-32-36(14-18)28(37)17-4-5-17/h6-12,14,16-17,19,26H,4-5,13,15,29H2,1-3H3,(H,30,31,33,34)/t19-,26+/m1/s1. The smallest absolute Gasteiger partial charge is 0.249 e. The summed E-state index contributed by atoms with van der Waals surface area (Å²) < 4.78 is 24.9. The van der Waals surface area contributed by atoms with E-state index in [4.69, 9.17) is 5.73 Å². The van der Waals surface area contributed by atoms with Gasteiger partial charge < -0.3 is 16.0 Å². The quantitative estimate of drug-likeness (QED) is 0.327. The average molecular weight is 561 g/mol. The molecule has 3 aromatic heterocycles. The number of hydrogen-bond acceptors (Lipinski definition) is 10. The third kappa shape index (κ3) is 5.16. The molecule has 0 radical (unpaired) electrons. The minimum absolute atomic E-state index is 0.00585. The van der Waals surface area contributed by atoms with Gasteiger partial charge in [0.2, 0.25) is 5.91 Å². The number of fused-ring (bicyclic) bond motifs is 1. The predicted molar refractivity (Wildman–Crippen MR) is 154 cm³/mol. The van der Waals surface area contributed by atoms with Gasteiger partial charge in [0.15, 0.2) is 5.82 Å². The summed E-state index contributed by atoms with van der Waals surface area (Å²) in [6, 6.07) is 7.91. The van der Waals surface area contributed by atoms with E-state index in [9.17, 15) is 13.2 Å². The van der Waals surface area contributed by atoms with Crippen LogP contribution in [0.15, 0.2) is 49.1 Å². The van der Waals surface area contributed by atoms with Crippen LogP contribution < -0.4 is 16.0 Å². The Balaban J connectivity index is 1.27. The fourth-order valence-corrected chi connectivity index (χ4v) is 6.32. The summed E-state index contributed by atoms with van der Waals surface area (Å²) in [5.74, 6) is 1.98. The Morgan fingerprint density at radius 2 is 1.93 bits per heavy atom. The van der Waals surface area contributed by atoms with E-state index in [2.05, 4.69) is 45.3 Å². The highest BCUT2D eigenvalue weighted by molar-refractivity contribution is 7.90. The van der Waals surface area contributed by atoms with Gasteiger partial charge in [-0.3, -0.25) is 4.79 Å². The highest BCUT2D eigenvalue weighted by Gasteiger charge is 2.39. The van der Waals surface area contributed by atoms with Crippen molar-refractivity contribution < 1.29 is 13.2 Å². The van der Waals surface area contributed by atoms with Crippen molar-refractivity contribution in [1.29, 1.82) is 0 Å². The van der Waals surface area contributed by atoms with Gasteiger partial charge in [-0.05, 0) is 47.9 Å². The molecule has 1 aromatic carbocycles. The lowest BCUT2D eigenvalue weighted by molar-refractivity contribution is 0.0870. The predicted octanol–water partition coefficient (Wildman–Crippen LogP) is 3.57. The summed E-state index contributed by atoms with van der Waals surface area (Å²) in [5.41, 5.74) is 9.19. The molecule has 2 fully saturated rings. The largest absolute Gasteiger partial charge is 0.355 e. The molecule has 0 spiro atoms. The molecule has 2 aliphatic rings. The Morgan fingerprint density at radius 3 is 2.62 bits per heavy atom. The first kappa shape index (κ1) is 26.3. The first-order chi connectivity index (χ1) is 19.1. The van der Waals surface area contributed by atoms with Crippen LogP contribution in [0.2, 0.25) is 0 Å². The number of nitrogens with two attached hydrogens (primary N) is 1. The highest BCUT2D eigenvalue weighted by Crippen LogP contribution is 2.38. The number of nitrogens with one attached hydrogen (secondary N) is 1. The second-order valence-corrected chi connectivity index (χ2v) is 13.3. The van der Waals surface area contributed by atoms with Gasteiger partial charge in [0.1, 0.15) is 21.5 Å². The molecule has 0 bridgehead atoms. The van der Waals surface area contributed by atoms with E-state index in [1.807, 2.05) is 23.2 Å². The van der Waals surface area contributed by atoms with Gasteiger partial charge in [0.25, 0.3) is 0 Å². The minimum Gasteiger partial charge on any atom is -0.355 e. The van der Waals surface area contributed by atoms with Crippen LogP contribution in [-0.4, -0.2) is 63.8 Å². The number of benzene rings is 1. The zero-order chi connectivity index (χ0) is 28.2. The molecule has 2 atom stereocenters. The van der Waals surface area contributed by atoms with Crippen molar-refractivity contribution in [3.8, 4) is 11.4 Å². The van der Waals surface area contributed by atoms with Crippen molar-refractivity contribution in [3.05, 3.63) is 54.6 Å². The van der Waals surface area contributed by atoms with Crippen LogP contribution in [0.4, 0.5) is 17.3 Å². The maximum absolute atomic E-state index is 12.3. The van der Waals surface area contributed by atoms with E-state index in [-0.39, 0.29) is 35.6 Å². The van der Waals surface area contributed by atoms with Crippen LogP contribution in [0.1, 0.15) is 43.0 Å². The summed E-state index contributed by atoms with van der Waals surface area (Å²) >= 11 is 0. The lowest BCUT2D eigenvalue weighted by Gasteiger charge is -2.47. The molecular formula is C28H32N8O3S. The summed E-state index contributed by atoms with van der Waals surface area (Å²) in [5, 5.41) is 9.49. The Hall–Kier alpha value is -3.90. The monoisotopic (exact) mass is 560 g/mol. The van der Waals surface area contributed by atoms with Gasteiger partial charge in [-0.15, -0.1) is 0 Å². The van der Waals surface area contributed by atoms with Crippen molar-refractivity contribution in [1.82, 2.24) is 24.7 Å². The molecule has 208 valence electrons. The second kappa shape index (κ2) is 9.93. The van der Waals surface area contributed by atoms with Crippen LogP contribution in [0.25, 0.3) is 22.2 Å². The third-order valence-electron chi connectivity index (χ3n) is 7.54. The molecule has 1 aliphatic carbocycles. The van der Waals surface area contributed by atoms with E-state index >= 15 is 0 Å². The van der Waals surface area contributed by atoms with Gasteiger partial charge in [0, 0.05) is 54.3 Å². The van der Waals surface area contributed by atoms with Gasteiger partial charge >= 0.3 is 0 Å². The lowest BCUT2D eigenvalue weighted by Crippen LogP contribution is -2.63. The van der Waals surface area contributed by atoms with Crippen molar-refractivity contribution in [3.63, 3.8) is 0 Å². The number of carbonyl (C=O) groups excluding carboxylic acids is 1. The van der Waals surface area contributed by atoms with E-state index in [0.717, 1.165) is 29.3 Å². The number of rotatable bonds is 8. The number of nitrogens with zero attached hydrogens (tertiary/aromatic N) is 6. The van der Waals surface area contributed by atoms with Crippen LogP contribution >= 0.6 is 0 Å². The fourth-order valence-electron chi connectivity index (χ4n) is 5.24. The molecule has 0 amide bonds. The molecule has 4 aromatic rings. The minimum atomic E-state index is -3.10. The van der Waals surface area contributed by atoms with Gasteiger partial charge in [-0.2, -0.15) is 5.10 Å². The fraction of sp³-hybridized carbons (Fsp3) is 0.393. The number of aromatic nitrogens is 5. The summed E-state index contributed by atoms with van der Waals surface area (Å²) in [6.45, 7) is 4.87. The molecular weight excluding hydrogens is 528 g/mol. The number of sulfone groups is 1. The zero-order valence-electron chi connectivity index (χ0n) is 22.7. The van der Waals surface area contributed by atoms with Crippen molar-refractivity contribution in [2.45, 2.75) is 38.8 Å². The maximum atomic E-state index is 12.3. The van der Waals surface area contributed by atoms with Crippen molar-refractivity contribution in [2.75, 3.05) is 28.8 Å². The Bertz CT molecular complexity index is 1710. The van der Waals surface area contributed by atoms with Crippen LogP contribution in [0, 0.1) is 11.8 Å². The number of carbonyl (C=O) groups is 1. The SMILES string of the molecule is CC(C)c1ccc(N2C[C@H](CS(C)(=O)=O)[C@H]2N)c2cnc(Nc3ccnc(-c4cnn(C(=O)C5CC5)c4)n3)cc12. The average Bonchev–Trinajstić information content (AvgIpc) is 3.65.